The Hall–Kier alpha value is -1.13. The van der Waals surface area contributed by atoms with Crippen molar-refractivity contribution in [3.05, 3.63) is 28.8 Å². The molecule has 0 aromatic heterocycles. The summed E-state index contributed by atoms with van der Waals surface area (Å²) in [6.45, 7) is 2.18. The van der Waals surface area contributed by atoms with Gasteiger partial charge in [-0.25, -0.2) is 0 Å². The first-order chi connectivity index (χ1) is 5.75. The van der Waals surface area contributed by atoms with Gasteiger partial charge in [0.25, 0.3) is 0 Å². The topological polar surface area (TPSA) is 9.23 Å². The van der Waals surface area contributed by atoms with Crippen LogP contribution in [0.25, 0.3) is 0 Å². The van der Waals surface area contributed by atoms with E-state index in [4.69, 9.17) is 22.8 Å². The predicted octanol–water partition coefficient (Wildman–Crippen LogP) is 2.66. The van der Waals surface area contributed by atoms with E-state index in [-0.39, 0.29) is 6.61 Å². The van der Waals surface area contributed by atoms with E-state index in [0.717, 1.165) is 11.3 Å². The number of benzene rings is 1. The number of hydrogen-bond acceptors (Lipinski definition) is 1. The van der Waals surface area contributed by atoms with Gasteiger partial charge in [-0.3, -0.25) is 0 Å². The Morgan fingerprint density at radius 1 is 1.58 bits per heavy atom. The number of halogens is 1. The molecular formula is C10H9ClO. The van der Waals surface area contributed by atoms with E-state index in [1.807, 2.05) is 25.1 Å². The Morgan fingerprint density at radius 3 is 3.00 bits per heavy atom. The molecule has 0 atom stereocenters. The second-order valence-corrected chi connectivity index (χ2v) is 2.76. The molecule has 0 radical (unpaired) electrons. The Balaban J connectivity index is 2.86. The molecule has 1 rings (SSSR count). The van der Waals surface area contributed by atoms with Crippen LogP contribution in [0, 0.1) is 19.3 Å². The number of ether oxygens (including phenoxy) is 1. The Bertz CT molecular complexity index is 312. The minimum absolute atomic E-state index is 0.279. The molecule has 0 fully saturated rings. The molecule has 0 saturated carbocycles. The van der Waals surface area contributed by atoms with Crippen LogP contribution in [0.3, 0.4) is 0 Å². The smallest absolute Gasteiger partial charge is 0.148 e. The van der Waals surface area contributed by atoms with Crippen LogP contribution in [-0.4, -0.2) is 6.61 Å². The van der Waals surface area contributed by atoms with Crippen LogP contribution in [0.15, 0.2) is 18.2 Å². The van der Waals surface area contributed by atoms with Crippen LogP contribution in [0.2, 0.25) is 5.02 Å². The van der Waals surface area contributed by atoms with Crippen LogP contribution >= 0.6 is 11.6 Å². The standard InChI is InChI=1S/C10H9ClO/c1-3-7-12-10-6-4-5-9(11)8(10)2/h1,4-6H,7H2,2H3. The van der Waals surface area contributed by atoms with E-state index in [1.165, 1.54) is 0 Å². The summed E-state index contributed by atoms with van der Waals surface area (Å²) in [4.78, 5) is 0. The van der Waals surface area contributed by atoms with Crippen molar-refractivity contribution >= 4 is 11.6 Å². The summed E-state index contributed by atoms with van der Waals surface area (Å²) in [7, 11) is 0. The first kappa shape index (κ1) is 8.96. The minimum atomic E-state index is 0.279. The quantitative estimate of drug-likeness (QED) is 0.636. The van der Waals surface area contributed by atoms with Crippen molar-refractivity contribution in [2.24, 2.45) is 0 Å². The molecule has 0 spiro atoms. The molecule has 0 N–H and O–H groups in total. The molecule has 62 valence electrons. The van der Waals surface area contributed by atoms with Crippen molar-refractivity contribution in [1.82, 2.24) is 0 Å². The molecule has 0 aliphatic carbocycles. The van der Waals surface area contributed by atoms with E-state index >= 15 is 0 Å². The molecule has 0 aliphatic rings. The van der Waals surface area contributed by atoms with Crippen LogP contribution in [0.4, 0.5) is 0 Å². The van der Waals surface area contributed by atoms with E-state index in [2.05, 4.69) is 5.92 Å². The fourth-order valence-corrected chi connectivity index (χ4v) is 1.03. The minimum Gasteiger partial charge on any atom is -0.481 e. The van der Waals surface area contributed by atoms with Crippen LogP contribution < -0.4 is 4.74 Å². The predicted molar refractivity (Wildman–Crippen MR) is 50.5 cm³/mol. The zero-order chi connectivity index (χ0) is 8.97. The lowest BCUT2D eigenvalue weighted by Crippen LogP contribution is -1.95. The van der Waals surface area contributed by atoms with Gasteiger partial charge < -0.3 is 4.74 Å². The van der Waals surface area contributed by atoms with Crippen molar-refractivity contribution in [2.75, 3.05) is 6.61 Å². The first-order valence-electron chi connectivity index (χ1n) is 3.57. The van der Waals surface area contributed by atoms with Gasteiger partial charge in [0.05, 0.1) is 0 Å². The van der Waals surface area contributed by atoms with Gasteiger partial charge >= 0.3 is 0 Å². The molecule has 0 heterocycles. The Morgan fingerprint density at radius 2 is 2.33 bits per heavy atom. The first-order valence-corrected chi connectivity index (χ1v) is 3.95. The Kier molecular flexibility index (Phi) is 3.01. The lowest BCUT2D eigenvalue weighted by Gasteiger charge is -2.06. The third-order valence-electron chi connectivity index (χ3n) is 1.53. The molecule has 1 nitrogen and oxygen atoms in total. The maximum Gasteiger partial charge on any atom is 0.148 e. The summed E-state index contributed by atoms with van der Waals surface area (Å²) >= 11 is 5.86. The molecular weight excluding hydrogens is 172 g/mol. The molecule has 0 bridgehead atoms. The van der Waals surface area contributed by atoms with E-state index < -0.39 is 0 Å². The molecule has 0 unspecified atom stereocenters. The highest BCUT2D eigenvalue weighted by Crippen LogP contribution is 2.24. The van der Waals surface area contributed by atoms with Gasteiger partial charge in [0.15, 0.2) is 0 Å². The van der Waals surface area contributed by atoms with E-state index in [9.17, 15) is 0 Å². The van der Waals surface area contributed by atoms with Crippen LogP contribution in [0.5, 0.6) is 5.75 Å². The monoisotopic (exact) mass is 180 g/mol. The van der Waals surface area contributed by atoms with E-state index in [1.54, 1.807) is 0 Å². The summed E-state index contributed by atoms with van der Waals surface area (Å²) < 4.78 is 5.25. The number of terminal acetylenes is 1. The fourth-order valence-electron chi connectivity index (χ4n) is 0.863. The molecule has 1 aromatic rings. The third-order valence-corrected chi connectivity index (χ3v) is 1.94. The van der Waals surface area contributed by atoms with Crippen LogP contribution in [-0.2, 0) is 0 Å². The summed E-state index contributed by atoms with van der Waals surface area (Å²) in [6, 6.07) is 5.50. The molecule has 0 amide bonds. The van der Waals surface area contributed by atoms with Gasteiger partial charge in [-0.15, -0.1) is 6.42 Å². The maximum absolute atomic E-state index is 5.86. The molecule has 1 aromatic carbocycles. The average molecular weight is 181 g/mol. The van der Waals surface area contributed by atoms with Gasteiger partial charge in [0.2, 0.25) is 0 Å². The molecule has 2 heteroatoms. The van der Waals surface area contributed by atoms with Crippen molar-refractivity contribution in [1.29, 1.82) is 0 Å². The lowest BCUT2D eigenvalue weighted by molar-refractivity contribution is 0.368. The van der Waals surface area contributed by atoms with Crippen LogP contribution in [0.1, 0.15) is 5.56 Å². The summed E-state index contributed by atoms with van der Waals surface area (Å²) in [5.74, 6) is 3.15. The van der Waals surface area contributed by atoms with Crippen molar-refractivity contribution in [3.63, 3.8) is 0 Å². The average Bonchev–Trinajstić information content (AvgIpc) is 2.08. The maximum atomic E-state index is 5.86. The second-order valence-electron chi connectivity index (χ2n) is 2.36. The zero-order valence-corrected chi connectivity index (χ0v) is 7.56. The molecule has 0 aliphatic heterocycles. The summed E-state index contributed by atoms with van der Waals surface area (Å²) in [6.07, 6.45) is 5.06. The molecule has 0 saturated heterocycles. The zero-order valence-electron chi connectivity index (χ0n) is 6.80. The SMILES string of the molecule is C#CCOc1cccc(Cl)c1C. The normalized spacial score (nSPS) is 9.08. The highest BCUT2D eigenvalue weighted by molar-refractivity contribution is 6.31. The molecule has 12 heavy (non-hydrogen) atoms. The van der Waals surface area contributed by atoms with Gasteiger partial charge in [-0.05, 0) is 19.1 Å². The highest BCUT2D eigenvalue weighted by atomic mass is 35.5. The highest BCUT2D eigenvalue weighted by Gasteiger charge is 2.00. The largest absolute Gasteiger partial charge is 0.481 e. The summed E-state index contributed by atoms with van der Waals surface area (Å²) in [5, 5.41) is 0.699. The lowest BCUT2D eigenvalue weighted by atomic mass is 10.2. The number of hydrogen-bond donors (Lipinski definition) is 0. The van der Waals surface area contributed by atoms with Crippen molar-refractivity contribution in [2.45, 2.75) is 6.92 Å². The second kappa shape index (κ2) is 4.04. The fraction of sp³-hybridized carbons (Fsp3) is 0.200. The van der Waals surface area contributed by atoms with Crippen molar-refractivity contribution < 1.29 is 4.74 Å². The van der Waals surface area contributed by atoms with Gasteiger partial charge in [-0.2, -0.15) is 0 Å². The van der Waals surface area contributed by atoms with Gasteiger partial charge in [0, 0.05) is 10.6 Å². The van der Waals surface area contributed by atoms with E-state index in [0.29, 0.717) is 5.02 Å². The summed E-state index contributed by atoms with van der Waals surface area (Å²) in [5.41, 5.74) is 0.925. The van der Waals surface area contributed by atoms with Crippen molar-refractivity contribution in [3.8, 4) is 18.1 Å². The van der Waals surface area contributed by atoms with Gasteiger partial charge in [-0.1, -0.05) is 23.6 Å². The Labute approximate surface area is 77.3 Å². The number of rotatable bonds is 2. The van der Waals surface area contributed by atoms with Gasteiger partial charge in [0.1, 0.15) is 12.4 Å². The third kappa shape index (κ3) is 1.93.